The van der Waals surface area contributed by atoms with Gasteiger partial charge in [0.25, 0.3) is 0 Å². The molecule has 0 spiro atoms. The van der Waals surface area contributed by atoms with Crippen LogP contribution in [0.1, 0.15) is 29.9 Å². The summed E-state index contributed by atoms with van der Waals surface area (Å²) < 4.78 is 14.6. The fourth-order valence-corrected chi connectivity index (χ4v) is 2.79. The normalized spacial score (nSPS) is 21.1. The molecule has 1 aromatic carbocycles. The maximum atomic E-state index is 14.0. The fraction of sp³-hybridized carbons (Fsp3) is 0.500. The third kappa shape index (κ3) is 2.09. The number of rotatable bonds is 1. The summed E-state index contributed by atoms with van der Waals surface area (Å²) in [7, 11) is 0. The van der Waals surface area contributed by atoms with Crippen molar-refractivity contribution >= 4 is 15.9 Å². The van der Waals surface area contributed by atoms with E-state index in [1.54, 1.807) is 13.0 Å². The van der Waals surface area contributed by atoms with Gasteiger partial charge in [0.2, 0.25) is 0 Å². The molecule has 4 heteroatoms. The van der Waals surface area contributed by atoms with Crippen molar-refractivity contribution in [2.24, 2.45) is 0 Å². The molecule has 1 aliphatic rings. The minimum atomic E-state index is -0.269. The lowest BCUT2D eigenvalue weighted by Gasteiger charge is -2.25. The van der Waals surface area contributed by atoms with Gasteiger partial charge in [-0.1, -0.05) is 0 Å². The first-order valence-electron chi connectivity index (χ1n) is 5.49. The second-order valence-electron chi connectivity index (χ2n) is 4.29. The van der Waals surface area contributed by atoms with E-state index in [1.807, 2.05) is 0 Å². The van der Waals surface area contributed by atoms with Crippen molar-refractivity contribution in [3.63, 3.8) is 0 Å². The van der Waals surface area contributed by atoms with Crippen molar-refractivity contribution in [2.75, 3.05) is 13.1 Å². The van der Waals surface area contributed by atoms with Gasteiger partial charge in [0.1, 0.15) is 11.6 Å². The summed E-state index contributed by atoms with van der Waals surface area (Å²) in [5, 5.41) is 13.2. The molecule has 1 aromatic rings. The lowest BCUT2D eigenvalue weighted by Crippen LogP contribution is -2.29. The Morgan fingerprint density at radius 1 is 1.56 bits per heavy atom. The minimum absolute atomic E-state index is 0.0526. The molecule has 88 valence electrons. The number of piperidine rings is 1. The number of halogens is 2. The average molecular weight is 288 g/mol. The van der Waals surface area contributed by atoms with E-state index in [-0.39, 0.29) is 17.5 Å². The van der Waals surface area contributed by atoms with Gasteiger partial charge >= 0.3 is 0 Å². The van der Waals surface area contributed by atoms with Crippen LogP contribution in [0.4, 0.5) is 4.39 Å². The van der Waals surface area contributed by atoms with Crippen LogP contribution in [0, 0.1) is 12.7 Å². The van der Waals surface area contributed by atoms with Crippen molar-refractivity contribution in [1.29, 1.82) is 0 Å². The number of nitrogens with one attached hydrogen (secondary N) is 1. The van der Waals surface area contributed by atoms with E-state index in [2.05, 4.69) is 21.2 Å². The highest BCUT2D eigenvalue weighted by molar-refractivity contribution is 9.10. The minimum Gasteiger partial charge on any atom is -0.506 e. The molecule has 1 aliphatic heterocycles. The largest absolute Gasteiger partial charge is 0.506 e. The Morgan fingerprint density at radius 2 is 2.31 bits per heavy atom. The highest BCUT2D eigenvalue weighted by Gasteiger charge is 2.24. The molecule has 2 nitrogen and oxygen atoms in total. The summed E-state index contributed by atoms with van der Waals surface area (Å²) in [6.07, 6.45) is 1.95. The first-order valence-corrected chi connectivity index (χ1v) is 6.28. The molecule has 1 atom stereocenters. The van der Waals surface area contributed by atoms with E-state index in [0.717, 1.165) is 25.9 Å². The third-order valence-electron chi connectivity index (χ3n) is 3.11. The number of aromatic hydroxyl groups is 1. The van der Waals surface area contributed by atoms with Crippen LogP contribution >= 0.6 is 15.9 Å². The maximum absolute atomic E-state index is 14.0. The lowest BCUT2D eigenvalue weighted by atomic mass is 9.89. The second kappa shape index (κ2) is 4.72. The van der Waals surface area contributed by atoms with Crippen LogP contribution in [-0.4, -0.2) is 18.2 Å². The first kappa shape index (κ1) is 11.9. The summed E-state index contributed by atoms with van der Waals surface area (Å²) in [5.41, 5.74) is 1.03. The lowest BCUT2D eigenvalue weighted by molar-refractivity contribution is 0.407. The summed E-state index contributed by atoms with van der Waals surface area (Å²) in [4.78, 5) is 0. The molecule has 1 unspecified atom stereocenters. The van der Waals surface area contributed by atoms with E-state index in [9.17, 15) is 9.50 Å². The van der Waals surface area contributed by atoms with Gasteiger partial charge in [-0.15, -0.1) is 0 Å². The molecular formula is C12H15BrFNO. The van der Waals surface area contributed by atoms with E-state index < -0.39 is 0 Å². The van der Waals surface area contributed by atoms with E-state index >= 15 is 0 Å². The Labute approximate surface area is 103 Å². The Hall–Kier alpha value is -0.610. The first-order chi connectivity index (χ1) is 7.61. The second-order valence-corrected chi connectivity index (χ2v) is 5.15. The quantitative estimate of drug-likeness (QED) is 0.832. The molecule has 0 radical (unpaired) electrons. The van der Waals surface area contributed by atoms with Crippen LogP contribution in [0.5, 0.6) is 5.75 Å². The number of benzene rings is 1. The van der Waals surface area contributed by atoms with Crippen LogP contribution in [0.3, 0.4) is 0 Å². The summed E-state index contributed by atoms with van der Waals surface area (Å²) in [6, 6.07) is 1.62. The van der Waals surface area contributed by atoms with Crippen LogP contribution in [0.25, 0.3) is 0 Å². The highest BCUT2D eigenvalue weighted by atomic mass is 79.9. The maximum Gasteiger partial charge on any atom is 0.136 e. The van der Waals surface area contributed by atoms with Gasteiger partial charge in [0.15, 0.2) is 0 Å². The van der Waals surface area contributed by atoms with Gasteiger partial charge in [-0.2, -0.15) is 0 Å². The number of phenols is 1. The molecule has 0 bridgehead atoms. The Balaban J connectivity index is 2.45. The summed E-state index contributed by atoms with van der Waals surface area (Å²) in [6.45, 7) is 3.44. The van der Waals surface area contributed by atoms with E-state index in [0.29, 0.717) is 15.6 Å². The van der Waals surface area contributed by atoms with Crippen LogP contribution in [0.2, 0.25) is 0 Å². The van der Waals surface area contributed by atoms with Crippen molar-refractivity contribution in [1.82, 2.24) is 5.32 Å². The van der Waals surface area contributed by atoms with Crippen LogP contribution < -0.4 is 5.32 Å². The molecule has 1 saturated heterocycles. The van der Waals surface area contributed by atoms with Gasteiger partial charge < -0.3 is 10.4 Å². The Kier molecular flexibility index (Phi) is 3.50. The Morgan fingerprint density at radius 3 is 2.94 bits per heavy atom. The fourth-order valence-electron chi connectivity index (χ4n) is 2.24. The van der Waals surface area contributed by atoms with Gasteiger partial charge in [0.05, 0.1) is 4.47 Å². The molecule has 1 fully saturated rings. The standard InChI is InChI=1S/C12H15BrFNO/c1-7-5-9(13)12(16)10(11(7)14)8-3-2-4-15-6-8/h5,8,15-16H,2-4,6H2,1H3. The number of aryl methyl sites for hydroxylation is 1. The van der Waals surface area contributed by atoms with Gasteiger partial charge in [-0.25, -0.2) is 4.39 Å². The molecule has 0 aliphatic carbocycles. The zero-order valence-corrected chi connectivity index (χ0v) is 10.8. The molecule has 2 N–H and O–H groups in total. The topological polar surface area (TPSA) is 32.3 Å². The molecular weight excluding hydrogens is 273 g/mol. The van der Waals surface area contributed by atoms with Crippen molar-refractivity contribution < 1.29 is 9.50 Å². The van der Waals surface area contributed by atoms with Gasteiger partial charge in [0, 0.05) is 18.0 Å². The molecule has 16 heavy (non-hydrogen) atoms. The zero-order chi connectivity index (χ0) is 11.7. The summed E-state index contributed by atoms with van der Waals surface area (Å²) in [5.74, 6) is -0.142. The third-order valence-corrected chi connectivity index (χ3v) is 3.72. The number of phenolic OH excluding ortho intramolecular Hbond substituents is 1. The van der Waals surface area contributed by atoms with Crippen molar-refractivity contribution in [2.45, 2.75) is 25.7 Å². The van der Waals surface area contributed by atoms with E-state index in [4.69, 9.17) is 0 Å². The molecule has 0 saturated carbocycles. The molecule has 2 rings (SSSR count). The highest BCUT2D eigenvalue weighted by Crippen LogP contribution is 2.38. The zero-order valence-electron chi connectivity index (χ0n) is 9.19. The van der Waals surface area contributed by atoms with Gasteiger partial charge in [-0.3, -0.25) is 0 Å². The predicted molar refractivity (Wildman–Crippen MR) is 65.3 cm³/mol. The van der Waals surface area contributed by atoms with Crippen LogP contribution in [-0.2, 0) is 0 Å². The monoisotopic (exact) mass is 287 g/mol. The smallest absolute Gasteiger partial charge is 0.136 e. The predicted octanol–water partition coefficient (Wildman–Crippen LogP) is 3.07. The SMILES string of the molecule is Cc1cc(Br)c(O)c(C2CCCNC2)c1F. The number of hydrogen-bond donors (Lipinski definition) is 2. The van der Waals surface area contributed by atoms with Gasteiger partial charge in [-0.05, 0) is 53.9 Å². The average Bonchev–Trinajstić information content (AvgIpc) is 2.28. The van der Waals surface area contributed by atoms with Crippen LogP contribution in [0.15, 0.2) is 10.5 Å². The summed E-state index contributed by atoms with van der Waals surface area (Å²) >= 11 is 3.26. The van der Waals surface area contributed by atoms with Crippen molar-refractivity contribution in [3.05, 3.63) is 27.5 Å². The van der Waals surface area contributed by atoms with Crippen molar-refractivity contribution in [3.8, 4) is 5.75 Å². The Bertz CT molecular complexity index is 376. The molecule has 0 aromatic heterocycles. The number of hydrogen-bond acceptors (Lipinski definition) is 2. The molecule has 1 heterocycles. The van der Waals surface area contributed by atoms with E-state index in [1.165, 1.54) is 0 Å². The molecule has 0 amide bonds.